The minimum Gasteiger partial charge on any atom is -0.300 e. The van der Waals surface area contributed by atoms with Gasteiger partial charge in [-0.1, -0.05) is 20.8 Å². The molecule has 1 fully saturated rings. The Hall–Kier alpha value is -1.63. The fraction of sp³-hybridized carbons (Fsp3) is 0.583. The van der Waals surface area contributed by atoms with Crippen LogP contribution in [0.25, 0.3) is 0 Å². The van der Waals surface area contributed by atoms with E-state index in [4.69, 9.17) is 0 Å². The third-order valence-corrected chi connectivity index (χ3v) is 3.12. The number of carbonyl (C=O) groups excluding carboxylic acids is 1. The van der Waals surface area contributed by atoms with Crippen LogP contribution in [0.4, 0.5) is 0 Å². The highest BCUT2D eigenvalue weighted by Gasteiger charge is 2.48. The second kappa shape index (κ2) is 3.18. The van der Waals surface area contributed by atoms with Crippen molar-refractivity contribution >= 4 is 5.78 Å². The molecule has 1 aliphatic rings. The summed E-state index contributed by atoms with van der Waals surface area (Å²) in [6.07, 6.45) is 2.34. The molecule has 1 aromatic heterocycles. The van der Waals surface area contributed by atoms with E-state index in [-0.39, 0.29) is 11.2 Å². The van der Waals surface area contributed by atoms with Crippen LogP contribution >= 0.6 is 0 Å². The van der Waals surface area contributed by atoms with Crippen LogP contribution in [0.5, 0.6) is 0 Å². The van der Waals surface area contributed by atoms with Gasteiger partial charge in [-0.05, 0) is 0 Å². The second-order valence-electron chi connectivity index (χ2n) is 5.49. The zero-order valence-corrected chi connectivity index (χ0v) is 9.79. The van der Waals surface area contributed by atoms with E-state index in [1.54, 1.807) is 6.20 Å². The Morgan fingerprint density at radius 2 is 2.12 bits per heavy atom. The maximum atomic E-state index is 11.1. The Bertz CT molecular complexity index is 465. The first-order valence-corrected chi connectivity index (χ1v) is 5.36. The zero-order chi connectivity index (χ0) is 12.0. The van der Waals surface area contributed by atoms with E-state index >= 15 is 0 Å². The van der Waals surface area contributed by atoms with Crippen LogP contribution in [0.1, 0.15) is 44.9 Å². The van der Waals surface area contributed by atoms with E-state index in [0.717, 1.165) is 11.3 Å². The van der Waals surface area contributed by atoms with E-state index in [0.29, 0.717) is 12.8 Å². The molecule has 2 rings (SSSR count). The summed E-state index contributed by atoms with van der Waals surface area (Å²) in [7, 11) is 0. The van der Waals surface area contributed by atoms with Gasteiger partial charge < -0.3 is 0 Å². The van der Waals surface area contributed by atoms with Gasteiger partial charge in [-0.2, -0.15) is 10.4 Å². The van der Waals surface area contributed by atoms with Crippen LogP contribution in [0.3, 0.4) is 0 Å². The first-order chi connectivity index (χ1) is 7.39. The predicted molar refractivity (Wildman–Crippen MR) is 58.8 cm³/mol. The van der Waals surface area contributed by atoms with E-state index in [9.17, 15) is 10.1 Å². The van der Waals surface area contributed by atoms with Crippen LogP contribution < -0.4 is 0 Å². The van der Waals surface area contributed by atoms with Gasteiger partial charge in [0.15, 0.2) is 0 Å². The molecule has 0 saturated heterocycles. The molecule has 0 radical (unpaired) electrons. The monoisotopic (exact) mass is 217 g/mol. The molecule has 0 bridgehead atoms. The number of aromatic amines is 1. The highest BCUT2D eigenvalue weighted by Crippen LogP contribution is 2.43. The maximum Gasteiger partial charge on any atom is 0.136 e. The number of nitrogens with zero attached hydrogens (tertiary/aromatic N) is 2. The van der Waals surface area contributed by atoms with E-state index in [1.165, 1.54) is 0 Å². The SMILES string of the molecule is CC(C)(C)c1[nH]ncc1C1(C#N)CC(=O)C1. The number of nitrogens with one attached hydrogen (secondary N) is 1. The Balaban J connectivity index is 2.46. The number of H-pyrrole nitrogens is 1. The number of ketones is 1. The Kier molecular flexibility index (Phi) is 2.16. The molecule has 1 aliphatic carbocycles. The molecule has 0 aromatic carbocycles. The molecular weight excluding hydrogens is 202 g/mol. The average Bonchev–Trinajstić information content (AvgIpc) is 2.60. The number of Topliss-reactive ketones (excluding diaryl/α,β-unsaturated/α-hetero) is 1. The lowest BCUT2D eigenvalue weighted by Gasteiger charge is -2.35. The van der Waals surface area contributed by atoms with E-state index in [2.05, 4.69) is 37.0 Å². The van der Waals surface area contributed by atoms with Gasteiger partial charge in [-0.25, -0.2) is 0 Å². The van der Waals surface area contributed by atoms with Gasteiger partial charge in [0.25, 0.3) is 0 Å². The molecular formula is C12H15N3O. The van der Waals surface area contributed by atoms with Crippen molar-refractivity contribution in [2.75, 3.05) is 0 Å². The summed E-state index contributed by atoms with van der Waals surface area (Å²) in [5.41, 5.74) is 1.13. The number of aromatic nitrogens is 2. The number of rotatable bonds is 1. The molecule has 0 amide bonds. The first kappa shape index (κ1) is 10.9. The van der Waals surface area contributed by atoms with Crippen molar-refractivity contribution in [3.05, 3.63) is 17.5 Å². The Labute approximate surface area is 94.7 Å². The zero-order valence-electron chi connectivity index (χ0n) is 9.79. The highest BCUT2D eigenvalue weighted by molar-refractivity contribution is 5.90. The molecule has 4 nitrogen and oxygen atoms in total. The Morgan fingerprint density at radius 1 is 1.50 bits per heavy atom. The van der Waals surface area contributed by atoms with Crippen LogP contribution in [0, 0.1) is 11.3 Å². The van der Waals surface area contributed by atoms with E-state index < -0.39 is 5.41 Å². The molecule has 0 unspecified atom stereocenters. The van der Waals surface area contributed by atoms with E-state index in [1.807, 2.05) is 0 Å². The van der Waals surface area contributed by atoms with Gasteiger partial charge in [0.1, 0.15) is 5.78 Å². The minimum absolute atomic E-state index is 0.0890. The van der Waals surface area contributed by atoms with Crippen LogP contribution in [-0.2, 0) is 15.6 Å². The first-order valence-electron chi connectivity index (χ1n) is 5.36. The summed E-state index contributed by atoms with van der Waals surface area (Å²) < 4.78 is 0. The van der Waals surface area contributed by atoms with Crippen molar-refractivity contribution in [3.63, 3.8) is 0 Å². The lowest BCUT2D eigenvalue weighted by atomic mass is 9.63. The topological polar surface area (TPSA) is 69.5 Å². The summed E-state index contributed by atoms with van der Waals surface area (Å²) in [5.74, 6) is 0.155. The summed E-state index contributed by atoms with van der Waals surface area (Å²) in [6.45, 7) is 6.20. The highest BCUT2D eigenvalue weighted by atomic mass is 16.1. The molecule has 0 spiro atoms. The van der Waals surface area contributed by atoms with Crippen molar-refractivity contribution in [2.45, 2.75) is 44.4 Å². The standard InChI is InChI=1S/C12H15N3O/c1-11(2,3)10-9(6-14-15-10)12(7-13)4-8(16)5-12/h6H,4-5H2,1-3H3,(H,14,15). The van der Waals surface area contributed by atoms with Gasteiger partial charge in [-0.15, -0.1) is 0 Å². The molecule has 1 N–H and O–H groups in total. The second-order valence-corrected chi connectivity index (χ2v) is 5.49. The van der Waals surface area contributed by atoms with Gasteiger partial charge in [0, 0.05) is 29.5 Å². The number of nitriles is 1. The molecule has 0 atom stereocenters. The fourth-order valence-electron chi connectivity index (χ4n) is 2.17. The van der Waals surface area contributed by atoms with Crippen molar-refractivity contribution in [2.24, 2.45) is 0 Å². The Morgan fingerprint density at radius 3 is 2.56 bits per heavy atom. The van der Waals surface area contributed by atoms with Crippen molar-refractivity contribution in [3.8, 4) is 6.07 Å². The number of hydrogen-bond acceptors (Lipinski definition) is 3. The summed E-state index contributed by atoms with van der Waals surface area (Å²) in [6, 6.07) is 2.28. The van der Waals surface area contributed by atoms with Crippen LogP contribution in [-0.4, -0.2) is 16.0 Å². The van der Waals surface area contributed by atoms with Crippen molar-refractivity contribution in [1.82, 2.24) is 10.2 Å². The number of hydrogen-bond donors (Lipinski definition) is 1. The largest absolute Gasteiger partial charge is 0.300 e. The summed E-state index contributed by atoms with van der Waals surface area (Å²) >= 11 is 0. The smallest absolute Gasteiger partial charge is 0.136 e. The molecule has 84 valence electrons. The molecule has 0 aliphatic heterocycles. The average molecular weight is 217 g/mol. The third kappa shape index (κ3) is 1.44. The van der Waals surface area contributed by atoms with Crippen LogP contribution in [0.2, 0.25) is 0 Å². The molecule has 1 aromatic rings. The van der Waals surface area contributed by atoms with Gasteiger partial charge in [0.05, 0.1) is 17.7 Å². The van der Waals surface area contributed by atoms with Crippen LogP contribution in [0.15, 0.2) is 6.20 Å². The van der Waals surface area contributed by atoms with Crippen molar-refractivity contribution in [1.29, 1.82) is 5.26 Å². The van der Waals surface area contributed by atoms with Crippen molar-refractivity contribution < 1.29 is 4.79 Å². The lowest BCUT2D eigenvalue weighted by Crippen LogP contribution is -2.41. The lowest BCUT2D eigenvalue weighted by molar-refractivity contribution is -0.126. The molecule has 16 heavy (non-hydrogen) atoms. The van der Waals surface area contributed by atoms with Gasteiger partial charge in [0.2, 0.25) is 0 Å². The fourth-order valence-corrected chi connectivity index (χ4v) is 2.17. The summed E-state index contributed by atoms with van der Waals surface area (Å²) in [5, 5.41) is 16.3. The normalized spacial score (nSPS) is 19.0. The van der Waals surface area contributed by atoms with Gasteiger partial charge >= 0.3 is 0 Å². The van der Waals surface area contributed by atoms with Gasteiger partial charge in [-0.3, -0.25) is 9.89 Å². The minimum atomic E-state index is -0.632. The number of carbonyl (C=O) groups is 1. The molecule has 1 saturated carbocycles. The maximum absolute atomic E-state index is 11.1. The molecule has 4 heteroatoms. The summed E-state index contributed by atoms with van der Waals surface area (Å²) in [4.78, 5) is 11.1. The third-order valence-electron chi connectivity index (χ3n) is 3.12. The predicted octanol–water partition coefficient (Wildman–Crippen LogP) is 1.83. The quantitative estimate of drug-likeness (QED) is 0.780. The molecule has 1 heterocycles.